The highest BCUT2D eigenvalue weighted by molar-refractivity contribution is 5.91. The van der Waals surface area contributed by atoms with Crippen molar-refractivity contribution in [1.82, 2.24) is 9.55 Å². The number of hydrogen-bond donors (Lipinski definition) is 1. The molecule has 2 aromatic carbocycles. The van der Waals surface area contributed by atoms with Gasteiger partial charge < -0.3 is 24.1 Å². The molecule has 7 nitrogen and oxygen atoms in total. The van der Waals surface area contributed by atoms with Crippen molar-refractivity contribution in [1.29, 1.82) is 0 Å². The SMILES string of the molecule is O=C(CCc1ccc2c(c1)OCO2)Nc1cccc(OCCn2ccnc2)c1. The molecular formula is C21H21N3O4. The smallest absolute Gasteiger partial charge is 0.231 e. The number of hydrogen-bond acceptors (Lipinski definition) is 5. The lowest BCUT2D eigenvalue weighted by Crippen LogP contribution is -2.12. The number of carbonyl (C=O) groups excluding carboxylic acids is 1. The minimum atomic E-state index is -0.0479. The lowest BCUT2D eigenvalue weighted by molar-refractivity contribution is -0.116. The van der Waals surface area contributed by atoms with Crippen molar-refractivity contribution in [3.8, 4) is 17.2 Å². The quantitative estimate of drug-likeness (QED) is 0.650. The van der Waals surface area contributed by atoms with Crippen molar-refractivity contribution in [2.75, 3.05) is 18.7 Å². The highest BCUT2D eigenvalue weighted by Crippen LogP contribution is 2.32. The van der Waals surface area contributed by atoms with Crippen molar-refractivity contribution in [3.05, 3.63) is 66.7 Å². The first kappa shape index (κ1) is 17.9. The maximum Gasteiger partial charge on any atom is 0.231 e. The standard InChI is InChI=1S/C21H21N3O4/c25-21(7-5-16-4-6-19-20(12-16)28-15-27-19)23-17-2-1-3-18(13-17)26-11-10-24-9-8-22-14-24/h1-4,6,8-9,12-14H,5,7,10-11,15H2,(H,23,25). The molecule has 1 N–H and O–H groups in total. The fourth-order valence-corrected chi connectivity index (χ4v) is 2.93. The number of ether oxygens (including phenoxy) is 3. The second kappa shape index (κ2) is 8.47. The molecule has 0 atom stereocenters. The van der Waals surface area contributed by atoms with Gasteiger partial charge in [-0.3, -0.25) is 4.79 Å². The summed E-state index contributed by atoms with van der Waals surface area (Å²) in [5.41, 5.74) is 1.76. The number of anilines is 1. The van der Waals surface area contributed by atoms with Crippen LogP contribution in [0.2, 0.25) is 0 Å². The number of benzene rings is 2. The maximum atomic E-state index is 12.3. The summed E-state index contributed by atoms with van der Waals surface area (Å²) in [5.74, 6) is 2.15. The van der Waals surface area contributed by atoms with Gasteiger partial charge in [0, 0.05) is 30.6 Å². The normalized spacial score (nSPS) is 12.0. The van der Waals surface area contributed by atoms with Gasteiger partial charge >= 0.3 is 0 Å². The molecule has 144 valence electrons. The Morgan fingerprint density at radius 1 is 1.18 bits per heavy atom. The third kappa shape index (κ3) is 4.62. The molecule has 0 aliphatic carbocycles. The van der Waals surface area contributed by atoms with E-state index in [1.807, 2.05) is 53.2 Å². The first-order valence-electron chi connectivity index (χ1n) is 9.13. The monoisotopic (exact) mass is 379 g/mol. The third-order valence-corrected chi connectivity index (χ3v) is 4.37. The second-order valence-corrected chi connectivity index (χ2v) is 6.41. The Morgan fingerprint density at radius 2 is 2.11 bits per heavy atom. The van der Waals surface area contributed by atoms with E-state index in [0.717, 1.165) is 22.7 Å². The van der Waals surface area contributed by atoms with Crippen LogP contribution >= 0.6 is 0 Å². The summed E-state index contributed by atoms with van der Waals surface area (Å²) in [6, 6.07) is 13.2. The van der Waals surface area contributed by atoms with E-state index < -0.39 is 0 Å². The number of aryl methyl sites for hydroxylation is 1. The molecule has 1 aliphatic heterocycles. The molecule has 1 amide bonds. The average molecular weight is 379 g/mol. The van der Waals surface area contributed by atoms with Crippen LogP contribution in [-0.2, 0) is 17.8 Å². The van der Waals surface area contributed by atoms with Crippen LogP contribution in [0.5, 0.6) is 17.2 Å². The van der Waals surface area contributed by atoms with Gasteiger partial charge in [0.05, 0.1) is 12.9 Å². The summed E-state index contributed by atoms with van der Waals surface area (Å²) in [6.45, 7) is 1.49. The van der Waals surface area contributed by atoms with Crippen LogP contribution in [0.15, 0.2) is 61.2 Å². The molecule has 7 heteroatoms. The number of aromatic nitrogens is 2. The van der Waals surface area contributed by atoms with E-state index in [0.29, 0.717) is 31.7 Å². The topological polar surface area (TPSA) is 74.6 Å². The molecule has 0 bridgehead atoms. The molecule has 1 aromatic heterocycles. The van der Waals surface area contributed by atoms with E-state index in [1.54, 1.807) is 12.5 Å². The van der Waals surface area contributed by atoms with E-state index in [4.69, 9.17) is 14.2 Å². The molecule has 4 rings (SSSR count). The summed E-state index contributed by atoms with van der Waals surface area (Å²) in [6.07, 6.45) is 6.38. The first-order valence-corrected chi connectivity index (χ1v) is 9.13. The first-order chi connectivity index (χ1) is 13.8. The van der Waals surface area contributed by atoms with Crippen LogP contribution in [-0.4, -0.2) is 28.9 Å². The van der Waals surface area contributed by atoms with E-state index in [9.17, 15) is 4.79 Å². The van der Waals surface area contributed by atoms with Crippen molar-refractivity contribution in [2.24, 2.45) is 0 Å². The van der Waals surface area contributed by atoms with Crippen LogP contribution in [0.25, 0.3) is 0 Å². The van der Waals surface area contributed by atoms with Crippen LogP contribution < -0.4 is 19.5 Å². The average Bonchev–Trinajstić information content (AvgIpc) is 3.38. The fraction of sp³-hybridized carbons (Fsp3) is 0.238. The number of nitrogens with zero attached hydrogens (tertiary/aromatic N) is 2. The van der Waals surface area contributed by atoms with Crippen LogP contribution in [0, 0.1) is 0 Å². The Balaban J connectivity index is 1.25. The summed E-state index contributed by atoms with van der Waals surface area (Å²) < 4.78 is 18.4. The third-order valence-electron chi connectivity index (χ3n) is 4.37. The number of fused-ring (bicyclic) bond motifs is 1. The molecule has 28 heavy (non-hydrogen) atoms. The summed E-state index contributed by atoms with van der Waals surface area (Å²) >= 11 is 0. The Bertz CT molecular complexity index is 941. The zero-order valence-corrected chi connectivity index (χ0v) is 15.3. The molecule has 0 spiro atoms. The minimum absolute atomic E-state index is 0.0479. The maximum absolute atomic E-state index is 12.3. The Kier molecular flexibility index (Phi) is 5.42. The highest BCUT2D eigenvalue weighted by Gasteiger charge is 2.13. The van der Waals surface area contributed by atoms with Gasteiger partial charge in [0.15, 0.2) is 11.5 Å². The number of carbonyl (C=O) groups is 1. The molecule has 0 saturated heterocycles. The van der Waals surface area contributed by atoms with E-state index >= 15 is 0 Å². The van der Waals surface area contributed by atoms with Gasteiger partial charge in [-0.15, -0.1) is 0 Å². The zero-order chi connectivity index (χ0) is 19.2. The van der Waals surface area contributed by atoms with Gasteiger partial charge in [0.2, 0.25) is 12.7 Å². The number of imidazole rings is 1. The Labute approximate surface area is 162 Å². The van der Waals surface area contributed by atoms with Gasteiger partial charge in [0.25, 0.3) is 0 Å². The van der Waals surface area contributed by atoms with Gasteiger partial charge in [-0.2, -0.15) is 0 Å². The van der Waals surface area contributed by atoms with E-state index in [2.05, 4.69) is 10.3 Å². The second-order valence-electron chi connectivity index (χ2n) is 6.41. The van der Waals surface area contributed by atoms with Gasteiger partial charge in [0.1, 0.15) is 12.4 Å². The van der Waals surface area contributed by atoms with Gasteiger partial charge in [-0.05, 0) is 36.2 Å². The lowest BCUT2D eigenvalue weighted by Gasteiger charge is -2.10. The van der Waals surface area contributed by atoms with Crippen molar-refractivity contribution >= 4 is 11.6 Å². The van der Waals surface area contributed by atoms with Gasteiger partial charge in [-0.25, -0.2) is 4.98 Å². The van der Waals surface area contributed by atoms with E-state index in [-0.39, 0.29) is 12.7 Å². The minimum Gasteiger partial charge on any atom is -0.492 e. The van der Waals surface area contributed by atoms with Crippen LogP contribution in [0.4, 0.5) is 5.69 Å². The Hall–Kier alpha value is -3.48. The molecule has 0 radical (unpaired) electrons. The molecule has 0 fully saturated rings. The predicted octanol–water partition coefficient (Wildman–Crippen LogP) is 3.26. The molecule has 1 aliphatic rings. The van der Waals surface area contributed by atoms with Crippen molar-refractivity contribution in [2.45, 2.75) is 19.4 Å². The number of rotatable bonds is 8. The van der Waals surface area contributed by atoms with Crippen molar-refractivity contribution in [3.63, 3.8) is 0 Å². The number of amides is 1. The van der Waals surface area contributed by atoms with Crippen molar-refractivity contribution < 1.29 is 19.0 Å². The molecule has 0 unspecified atom stereocenters. The molecular weight excluding hydrogens is 358 g/mol. The summed E-state index contributed by atoms with van der Waals surface area (Å²) in [5, 5.41) is 2.92. The lowest BCUT2D eigenvalue weighted by atomic mass is 10.1. The predicted molar refractivity (Wildman–Crippen MR) is 104 cm³/mol. The van der Waals surface area contributed by atoms with Crippen LogP contribution in [0.1, 0.15) is 12.0 Å². The highest BCUT2D eigenvalue weighted by atomic mass is 16.7. The van der Waals surface area contributed by atoms with Gasteiger partial charge in [-0.1, -0.05) is 12.1 Å². The summed E-state index contributed by atoms with van der Waals surface area (Å²) in [4.78, 5) is 16.3. The zero-order valence-electron chi connectivity index (χ0n) is 15.3. The molecule has 0 saturated carbocycles. The Morgan fingerprint density at radius 3 is 3.00 bits per heavy atom. The number of nitrogens with one attached hydrogen (secondary N) is 1. The van der Waals surface area contributed by atoms with Crippen LogP contribution in [0.3, 0.4) is 0 Å². The fourth-order valence-electron chi connectivity index (χ4n) is 2.93. The van der Waals surface area contributed by atoms with E-state index in [1.165, 1.54) is 0 Å². The molecule has 3 aromatic rings. The molecule has 2 heterocycles. The summed E-state index contributed by atoms with van der Waals surface area (Å²) in [7, 11) is 0. The largest absolute Gasteiger partial charge is 0.492 e.